The molecule has 1 atom stereocenters. The second-order valence-corrected chi connectivity index (χ2v) is 9.60. The van der Waals surface area contributed by atoms with Crippen LogP contribution in [0.2, 0.25) is 0 Å². The van der Waals surface area contributed by atoms with Gasteiger partial charge in [0.05, 0.1) is 23.4 Å². The van der Waals surface area contributed by atoms with Gasteiger partial charge in [0.2, 0.25) is 5.91 Å². The number of amides is 3. The number of carbonyl (C=O) groups is 2. The average Bonchev–Trinajstić information content (AvgIpc) is 3.12. The Hall–Kier alpha value is -2.85. The molecule has 2 heterocycles. The third-order valence-electron chi connectivity index (χ3n) is 5.18. The van der Waals surface area contributed by atoms with Gasteiger partial charge in [0.25, 0.3) is 5.56 Å². The van der Waals surface area contributed by atoms with E-state index in [-0.39, 0.29) is 5.56 Å². The third kappa shape index (κ3) is 4.05. The molecule has 2 aromatic heterocycles. The minimum absolute atomic E-state index is 0.182. The van der Waals surface area contributed by atoms with Gasteiger partial charge in [0, 0.05) is 4.88 Å². The number of hydrogen-bond donors (Lipinski definition) is 2. The second kappa shape index (κ2) is 8.72. The number of fused-ring (bicyclic) bond motifs is 3. The Kier molecular flexibility index (Phi) is 6.01. The molecule has 3 amide bonds. The Morgan fingerprint density at radius 1 is 1.29 bits per heavy atom. The molecule has 0 radical (unpaired) electrons. The van der Waals surface area contributed by atoms with Crippen molar-refractivity contribution in [2.75, 3.05) is 7.11 Å². The van der Waals surface area contributed by atoms with Crippen LogP contribution in [-0.4, -0.2) is 33.8 Å². The van der Waals surface area contributed by atoms with Gasteiger partial charge in [-0.25, -0.2) is 9.78 Å². The van der Waals surface area contributed by atoms with Crippen LogP contribution in [0.1, 0.15) is 30.2 Å². The molecule has 0 bridgehead atoms. The molecule has 8 nitrogen and oxygen atoms in total. The van der Waals surface area contributed by atoms with Crippen LogP contribution in [0, 0.1) is 0 Å². The highest BCUT2D eigenvalue weighted by Crippen LogP contribution is 2.36. The number of hydrogen-bond acceptors (Lipinski definition) is 7. The minimum Gasteiger partial charge on any atom is -0.495 e. The van der Waals surface area contributed by atoms with Crippen LogP contribution in [0.4, 0.5) is 4.79 Å². The van der Waals surface area contributed by atoms with Crippen molar-refractivity contribution < 1.29 is 14.3 Å². The number of primary amides is 1. The highest BCUT2D eigenvalue weighted by Gasteiger charge is 2.26. The first-order valence-corrected chi connectivity index (χ1v) is 11.6. The molecule has 0 fully saturated rings. The first kappa shape index (κ1) is 21.4. The summed E-state index contributed by atoms with van der Waals surface area (Å²) in [5.74, 6) is -0.0326. The van der Waals surface area contributed by atoms with E-state index in [2.05, 4.69) is 5.32 Å². The van der Waals surface area contributed by atoms with Crippen LogP contribution in [0.5, 0.6) is 5.75 Å². The summed E-state index contributed by atoms with van der Waals surface area (Å²) in [7, 11) is 1.54. The van der Waals surface area contributed by atoms with Crippen LogP contribution >= 0.6 is 23.1 Å². The summed E-state index contributed by atoms with van der Waals surface area (Å²) in [4.78, 5) is 43.8. The minimum atomic E-state index is -0.922. The zero-order valence-electron chi connectivity index (χ0n) is 17.1. The van der Waals surface area contributed by atoms with E-state index in [1.807, 2.05) is 12.1 Å². The molecule has 3 aromatic rings. The molecule has 1 aromatic carbocycles. The molecular formula is C21H22N4O4S2. The highest BCUT2D eigenvalue weighted by atomic mass is 32.2. The Bertz CT molecular complexity index is 1230. The molecular weight excluding hydrogens is 436 g/mol. The van der Waals surface area contributed by atoms with Crippen molar-refractivity contribution in [3.63, 3.8) is 0 Å². The molecule has 3 N–H and O–H groups in total. The van der Waals surface area contributed by atoms with Crippen molar-refractivity contribution in [2.24, 2.45) is 5.73 Å². The Morgan fingerprint density at radius 3 is 2.77 bits per heavy atom. The molecule has 0 spiro atoms. The molecule has 4 rings (SSSR count). The van der Waals surface area contributed by atoms with Crippen LogP contribution in [0.25, 0.3) is 15.9 Å². The van der Waals surface area contributed by atoms with E-state index < -0.39 is 17.2 Å². The van der Waals surface area contributed by atoms with Crippen LogP contribution in [0.3, 0.4) is 0 Å². The molecule has 0 aliphatic heterocycles. The summed E-state index contributed by atoms with van der Waals surface area (Å²) in [5.41, 5.74) is 6.52. The van der Waals surface area contributed by atoms with Gasteiger partial charge in [-0.3, -0.25) is 19.5 Å². The molecule has 10 heteroatoms. The van der Waals surface area contributed by atoms with Gasteiger partial charge in [0.15, 0.2) is 5.16 Å². The van der Waals surface area contributed by atoms with E-state index in [0.29, 0.717) is 26.8 Å². The number of benzene rings is 1. The number of imide groups is 1. The summed E-state index contributed by atoms with van der Waals surface area (Å²) in [6.45, 7) is 1.63. The van der Waals surface area contributed by atoms with Crippen molar-refractivity contribution >= 4 is 45.3 Å². The van der Waals surface area contributed by atoms with Gasteiger partial charge in [-0.05, 0) is 50.3 Å². The lowest BCUT2D eigenvalue weighted by atomic mass is 9.97. The highest BCUT2D eigenvalue weighted by molar-refractivity contribution is 8.00. The number of urea groups is 1. The number of nitrogens with zero attached hydrogens (tertiary/aromatic N) is 2. The Labute approximate surface area is 186 Å². The standard InChI is InChI=1S/C21H22N4O4S2/c1-11(17(26)23-20(22)28)30-21-24-18-16(12-7-3-6-10-15(12)31-18)19(27)25(21)13-8-4-5-9-14(13)29-2/h4-5,8-9,11H,3,6-7,10H2,1-2H3,(H3,22,23,26,28). The monoisotopic (exact) mass is 458 g/mol. The lowest BCUT2D eigenvalue weighted by molar-refractivity contribution is -0.119. The number of para-hydroxylation sites is 2. The van der Waals surface area contributed by atoms with Gasteiger partial charge >= 0.3 is 6.03 Å². The van der Waals surface area contributed by atoms with Gasteiger partial charge in [-0.2, -0.15) is 0 Å². The smallest absolute Gasteiger partial charge is 0.318 e. The average molecular weight is 459 g/mol. The Balaban J connectivity index is 1.92. The topological polar surface area (TPSA) is 116 Å². The van der Waals surface area contributed by atoms with Crippen molar-refractivity contribution in [2.45, 2.75) is 43.0 Å². The number of thiophene rings is 1. The molecule has 1 aliphatic rings. The number of rotatable bonds is 5. The van der Waals surface area contributed by atoms with Gasteiger partial charge in [-0.15, -0.1) is 11.3 Å². The predicted molar refractivity (Wildman–Crippen MR) is 121 cm³/mol. The Morgan fingerprint density at radius 2 is 2.03 bits per heavy atom. The first-order valence-electron chi connectivity index (χ1n) is 9.88. The number of aryl methyl sites for hydroxylation is 2. The fraction of sp³-hybridized carbons (Fsp3) is 0.333. The van der Waals surface area contributed by atoms with Crippen LogP contribution in [-0.2, 0) is 17.6 Å². The number of ether oxygens (including phenoxy) is 1. The van der Waals surface area contributed by atoms with Crippen molar-refractivity contribution in [1.29, 1.82) is 0 Å². The van der Waals surface area contributed by atoms with Gasteiger partial charge < -0.3 is 10.5 Å². The maximum absolute atomic E-state index is 13.8. The van der Waals surface area contributed by atoms with E-state index in [4.69, 9.17) is 15.5 Å². The zero-order valence-corrected chi connectivity index (χ0v) is 18.8. The van der Waals surface area contributed by atoms with Gasteiger partial charge in [0.1, 0.15) is 10.6 Å². The SMILES string of the molecule is COc1ccccc1-n1c(SC(C)C(=O)NC(N)=O)nc2sc3c(c2c1=O)CCCC3. The molecule has 1 aliphatic carbocycles. The van der Waals surface area contributed by atoms with E-state index >= 15 is 0 Å². The van der Waals surface area contributed by atoms with E-state index in [1.54, 1.807) is 30.4 Å². The largest absolute Gasteiger partial charge is 0.495 e. The van der Waals surface area contributed by atoms with E-state index in [9.17, 15) is 14.4 Å². The van der Waals surface area contributed by atoms with Crippen molar-refractivity contribution in [1.82, 2.24) is 14.9 Å². The first-order chi connectivity index (χ1) is 14.9. The maximum atomic E-state index is 13.8. The van der Waals surface area contributed by atoms with E-state index in [0.717, 1.165) is 43.0 Å². The molecule has 1 unspecified atom stereocenters. The summed E-state index contributed by atoms with van der Waals surface area (Å²) >= 11 is 2.64. The summed E-state index contributed by atoms with van der Waals surface area (Å²) < 4.78 is 6.99. The summed E-state index contributed by atoms with van der Waals surface area (Å²) in [6, 6.07) is 6.27. The molecule has 0 saturated heterocycles. The van der Waals surface area contributed by atoms with Crippen molar-refractivity contribution in [3.05, 3.63) is 45.1 Å². The second-order valence-electron chi connectivity index (χ2n) is 7.21. The summed E-state index contributed by atoms with van der Waals surface area (Å²) in [6.07, 6.45) is 3.96. The molecule has 0 saturated carbocycles. The normalized spacial score (nSPS) is 14.1. The van der Waals surface area contributed by atoms with Crippen LogP contribution < -0.4 is 21.3 Å². The molecule has 162 valence electrons. The third-order valence-corrected chi connectivity index (χ3v) is 7.42. The van der Waals surface area contributed by atoms with Crippen molar-refractivity contribution in [3.8, 4) is 11.4 Å². The van der Waals surface area contributed by atoms with Gasteiger partial charge in [-0.1, -0.05) is 23.9 Å². The number of nitrogens with two attached hydrogens (primary N) is 1. The van der Waals surface area contributed by atoms with E-state index in [1.165, 1.54) is 16.6 Å². The number of aromatic nitrogens is 2. The number of carbonyl (C=O) groups excluding carboxylic acids is 2. The lowest BCUT2D eigenvalue weighted by Gasteiger charge is -2.17. The zero-order chi connectivity index (χ0) is 22.1. The molecule has 31 heavy (non-hydrogen) atoms. The number of methoxy groups -OCH3 is 1. The number of nitrogens with one attached hydrogen (secondary N) is 1. The lowest BCUT2D eigenvalue weighted by Crippen LogP contribution is -2.39. The maximum Gasteiger partial charge on any atom is 0.318 e. The quantitative estimate of drug-likeness (QED) is 0.448. The fourth-order valence-electron chi connectivity index (χ4n) is 3.73. The van der Waals surface area contributed by atoms with Crippen LogP contribution in [0.15, 0.2) is 34.2 Å². The number of thioether (sulfide) groups is 1. The predicted octanol–water partition coefficient (Wildman–Crippen LogP) is 3.01. The fourth-order valence-corrected chi connectivity index (χ4v) is 5.95. The summed E-state index contributed by atoms with van der Waals surface area (Å²) in [5, 5.41) is 2.37.